The highest BCUT2D eigenvalue weighted by Gasteiger charge is 1.82. The molecule has 0 rings (SSSR count). The van der Waals surface area contributed by atoms with Crippen LogP contribution in [0.1, 0.15) is 27.2 Å². The average molecular weight is 148 g/mol. The molecule has 0 unspecified atom stereocenters. The predicted octanol–water partition coefficient (Wildman–Crippen LogP) is 2.09. The molecule has 0 amide bonds. The van der Waals surface area contributed by atoms with Gasteiger partial charge in [0.15, 0.2) is 0 Å². The van der Waals surface area contributed by atoms with Gasteiger partial charge in [0.25, 0.3) is 0 Å². The second-order valence-corrected chi connectivity index (χ2v) is 1.54. The molecular formula is C8H20O2. The lowest BCUT2D eigenvalue weighted by Gasteiger charge is -1.97. The third kappa shape index (κ3) is 15.7. The van der Waals surface area contributed by atoms with Crippen molar-refractivity contribution in [1.29, 1.82) is 0 Å². The molecule has 2 heteroatoms. The maximum absolute atomic E-state index is 5.06. The zero-order chi connectivity index (χ0) is 8.24. The van der Waals surface area contributed by atoms with E-state index in [2.05, 4.69) is 0 Å². The molecule has 10 heavy (non-hydrogen) atoms. The minimum Gasteiger partial charge on any atom is -0.385 e. The van der Waals surface area contributed by atoms with Gasteiger partial charge in [0.1, 0.15) is 0 Å². The van der Waals surface area contributed by atoms with Gasteiger partial charge in [-0.15, -0.1) is 0 Å². The van der Waals surface area contributed by atoms with Crippen LogP contribution in [-0.4, -0.2) is 26.9 Å². The lowest BCUT2D eigenvalue weighted by atomic mass is 10.5. The third-order valence-corrected chi connectivity index (χ3v) is 0.841. The fourth-order valence-electron chi connectivity index (χ4n) is 0.450. The van der Waals surface area contributed by atoms with Crippen molar-refractivity contribution in [3.8, 4) is 0 Å². The Morgan fingerprint density at radius 1 is 1.10 bits per heavy atom. The summed E-state index contributed by atoms with van der Waals surface area (Å²) in [7, 11) is 1.70. The Balaban J connectivity index is 0. The summed E-state index contributed by atoms with van der Waals surface area (Å²) in [5.41, 5.74) is 0. The predicted molar refractivity (Wildman–Crippen MR) is 44.3 cm³/mol. The summed E-state index contributed by atoms with van der Waals surface area (Å²) < 4.78 is 9.86. The monoisotopic (exact) mass is 148 g/mol. The Labute approximate surface area is 64.5 Å². The maximum Gasteiger partial charge on any atom is 0.0487 e. The molecule has 0 bridgehead atoms. The highest BCUT2D eigenvalue weighted by molar-refractivity contribution is 4.30. The molecule has 0 aliphatic heterocycles. The summed E-state index contributed by atoms with van der Waals surface area (Å²) in [4.78, 5) is 0. The second kappa shape index (κ2) is 16.0. The van der Waals surface area contributed by atoms with Gasteiger partial charge in [-0.25, -0.2) is 0 Å². The topological polar surface area (TPSA) is 18.5 Å². The van der Waals surface area contributed by atoms with Crippen LogP contribution in [-0.2, 0) is 9.47 Å². The van der Waals surface area contributed by atoms with Gasteiger partial charge in [-0.3, -0.25) is 0 Å². The number of hydrogen-bond acceptors (Lipinski definition) is 2. The minimum absolute atomic E-state index is 0.806. The lowest BCUT2D eigenvalue weighted by Crippen LogP contribution is -1.97. The molecule has 0 aliphatic rings. The Kier molecular flexibility index (Phi) is 20.1. The largest absolute Gasteiger partial charge is 0.385 e. The first-order chi connectivity index (χ1) is 4.91. The van der Waals surface area contributed by atoms with Crippen molar-refractivity contribution in [2.24, 2.45) is 0 Å². The number of hydrogen-bond donors (Lipinski definition) is 0. The Morgan fingerprint density at radius 3 is 2.10 bits per heavy atom. The maximum atomic E-state index is 5.06. The van der Waals surface area contributed by atoms with Gasteiger partial charge in [0.05, 0.1) is 0 Å². The van der Waals surface area contributed by atoms with Gasteiger partial charge in [-0.1, -0.05) is 13.8 Å². The van der Waals surface area contributed by atoms with E-state index in [1.54, 1.807) is 7.11 Å². The van der Waals surface area contributed by atoms with Gasteiger partial charge in [-0.05, 0) is 13.3 Å². The van der Waals surface area contributed by atoms with Crippen molar-refractivity contribution in [1.82, 2.24) is 0 Å². The zero-order valence-electron chi connectivity index (χ0n) is 7.64. The molecule has 0 saturated heterocycles. The number of ether oxygens (including phenoxy) is 2. The smallest absolute Gasteiger partial charge is 0.0487 e. The molecule has 0 saturated carbocycles. The van der Waals surface area contributed by atoms with Crippen molar-refractivity contribution >= 4 is 0 Å². The molecule has 0 atom stereocenters. The standard InChI is InChI=1S/C6H14O2.C2H6/c1-3-8-6-4-5-7-2;1-2/h3-6H2,1-2H3;1-2H3. The van der Waals surface area contributed by atoms with Gasteiger partial charge in [-0.2, -0.15) is 0 Å². The molecule has 64 valence electrons. The van der Waals surface area contributed by atoms with Crippen molar-refractivity contribution < 1.29 is 9.47 Å². The van der Waals surface area contributed by atoms with Crippen LogP contribution in [0.5, 0.6) is 0 Å². The van der Waals surface area contributed by atoms with Gasteiger partial charge in [0, 0.05) is 26.9 Å². The molecule has 2 nitrogen and oxygen atoms in total. The van der Waals surface area contributed by atoms with E-state index in [9.17, 15) is 0 Å². The van der Waals surface area contributed by atoms with E-state index >= 15 is 0 Å². The molecule has 0 heterocycles. The van der Waals surface area contributed by atoms with Crippen LogP contribution >= 0.6 is 0 Å². The van der Waals surface area contributed by atoms with E-state index < -0.39 is 0 Å². The van der Waals surface area contributed by atoms with Crippen LogP contribution in [0.4, 0.5) is 0 Å². The fraction of sp³-hybridized carbons (Fsp3) is 1.00. The molecule has 0 radical (unpaired) electrons. The Hall–Kier alpha value is -0.0800. The van der Waals surface area contributed by atoms with Crippen LogP contribution in [0.25, 0.3) is 0 Å². The van der Waals surface area contributed by atoms with E-state index in [0.29, 0.717) is 0 Å². The first kappa shape index (κ1) is 12.6. The molecule has 0 fully saturated rings. The van der Waals surface area contributed by atoms with E-state index in [4.69, 9.17) is 9.47 Å². The van der Waals surface area contributed by atoms with Crippen molar-refractivity contribution in [2.75, 3.05) is 26.9 Å². The number of methoxy groups -OCH3 is 1. The Bertz CT molecular complexity index is 32.2. The summed E-state index contributed by atoms with van der Waals surface area (Å²) in [6.45, 7) is 8.43. The highest BCUT2D eigenvalue weighted by atomic mass is 16.5. The van der Waals surface area contributed by atoms with Crippen LogP contribution in [0.2, 0.25) is 0 Å². The van der Waals surface area contributed by atoms with E-state index in [-0.39, 0.29) is 0 Å². The molecule has 0 spiro atoms. The van der Waals surface area contributed by atoms with Crippen molar-refractivity contribution in [3.63, 3.8) is 0 Å². The van der Waals surface area contributed by atoms with Crippen LogP contribution in [0.15, 0.2) is 0 Å². The second-order valence-electron chi connectivity index (χ2n) is 1.54. The summed E-state index contributed by atoms with van der Waals surface area (Å²) in [5.74, 6) is 0. The van der Waals surface area contributed by atoms with Crippen molar-refractivity contribution in [3.05, 3.63) is 0 Å². The van der Waals surface area contributed by atoms with Crippen LogP contribution in [0, 0.1) is 0 Å². The normalized spacial score (nSPS) is 8.40. The van der Waals surface area contributed by atoms with Gasteiger partial charge < -0.3 is 9.47 Å². The summed E-state index contributed by atoms with van der Waals surface area (Å²) in [6, 6.07) is 0. The molecular weight excluding hydrogens is 128 g/mol. The molecule has 0 aromatic heterocycles. The first-order valence-corrected chi connectivity index (χ1v) is 3.98. The zero-order valence-corrected chi connectivity index (χ0v) is 7.64. The highest BCUT2D eigenvalue weighted by Crippen LogP contribution is 1.81. The summed E-state index contributed by atoms with van der Waals surface area (Å²) in [6.07, 6.45) is 1.00. The SMILES string of the molecule is CC.CCOCCCOC. The summed E-state index contributed by atoms with van der Waals surface area (Å²) in [5, 5.41) is 0. The van der Waals surface area contributed by atoms with E-state index in [1.165, 1.54) is 0 Å². The molecule has 0 aliphatic carbocycles. The van der Waals surface area contributed by atoms with Gasteiger partial charge >= 0.3 is 0 Å². The quantitative estimate of drug-likeness (QED) is 0.556. The lowest BCUT2D eigenvalue weighted by molar-refractivity contribution is 0.111. The Morgan fingerprint density at radius 2 is 1.70 bits per heavy atom. The van der Waals surface area contributed by atoms with E-state index in [0.717, 1.165) is 26.2 Å². The van der Waals surface area contributed by atoms with Crippen molar-refractivity contribution in [2.45, 2.75) is 27.2 Å². The van der Waals surface area contributed by atoms with Crippen LogP contribution in [0.3, 0.4) is 0 Å². The third-order valence-electron chi connectivity index (χ3n) is 0.841. The first-order valence-electron chi connectivity index (χ1n) is 3.98. The van der Waals surface area contributed by atoms with E-state index in [1.807, 2.05) is 20.8 Å². The molecule has 0 aromatic carbocycles. The molecule has 0 N–H and O–H groups in total. The molecule has 0 aromatic rings. The minimum atomic E-state index is 0.806. The summed E-state index contributed by atoms with van der Waals surface area (Å²) >= 11 is 0. The van der Waals surface area contributed by atoms with Crippen LogP contribution < -0.4 is 0 Å². The van der Waals surface area contributed by atoms with Gasteiger partial charge in [0.2, 0.25) is 0 Å². The average Bonchev–Trinajstić information content (AvgIpc) is 2.02. The fourth-order valence-corrected chi connectivity index (χ4v) is 0.450. The number of rotatable bonds is 5.